The van der Waals surface area contributed by atoms with Crippen molar-refractivity contribution < 1.29 is 9.18 Å². The number of amides is 1. The summed E-state index contributed by atoms with van der Waals surface area (Å²) in [6.07, 6.45) is 0.784. The lowest BCUT2D eigenvalue weighted by atomic mass is 9.99. The lowest BCUT2D eigenvalue weighted by Crippen LogP contribution is -2.40. The lowest BCUT2D eigenvalue weighted by molar-refractivity contribution is -0.118. The van der Waals surface area contributed by atoms with Gasteiger partial charge in [-0.2, -0.15) is 0 Å². The van der Waals surface area contributed by atoms with Crippen LogP contribution in [0, 0.1) is 11.7 Å². The first-order chi connectivity index (χ1) is 7.97. The normalized spacial score (nSPS) is 14.2. The lowest BCUT2D eigenvalue weighted by Gasteiger charge is -2.18. The molecule has 3 nitrogen and oxygen atoms in total. The molecule has 0 spiro atoms. The van der Waals surface area contributed by atoms with Gasteiger partial charge in [0.25, 0.3) is 0 Å². The van der Waals surface area contributed by atoms with E-state index in [1.807, 2.05) is 13.8 Å². The largest absolute Gasteiger partial charge is 0.322 e. The molecule has 1 aromatic rings. The van der Waals surface area contributed by atoms with Gasteiger partial charge in [0.15, 0.2) is 5.82 Å². The van der Waals surface area contributed by atoms with Crippen molar-refractivity contribution in [3.8, 4) is 0 Å². The molecule has 0 radical (unpaired) electrons. The minimum Gasteiger partial charge on any atom is -0.322 e. The van der Waals surface area contributed by atoms with E-state index in [0.29, 0.717) is 0 Å². The first-order valence-corrected chi connectivity index (χ1v) is 5.85. The monoisotopic (exact) mass is 258 g/mol. The smallest absolute Gasteiger partial charge is 0.241 e. The Morgan fingerprint density at radius 3 is 2.82 bits per heavy atom. The van der Waals surface area contributed by atoms with Gasteiger partial charge in [-0.3, -0.25) is 4.79 Å². The van der Waals surface area contributed by atoms with Crippen LogP contribution in [0.3, 0.4) is 0 Å². The molecule has 0 aromatic heterocycles. The number of nitrogens with two attached hydrogens (primary N) is 1. The maximum absolute atomic E-state index is 13.5. The fraction of sp³-hybridized carbons (Fsp3) is 0.417. The molecule has 0 heterocycles. The highest BCUT2D eigenvalue weighted by atomic mass is 35.5. The zero-order chi connectivity index (χ0) is 13.0. The third kappa shape index (κ3) is 3.41. The van der Waals surface area contributed by atoms with E-state index in [2.05, 4.69) is 5.32 Å². The van der Waals surface area contributed by atoms with Crippen molar-refractivity contribution in [1.29, 1.82) is 0 Å². The summed E-state index contributed by atoms with van der Waals surface area (Å²) in [5.74, 6) is -1.00. The van der Waals surface area contributed by atoms with E-state index in [0.717, 1.165) is 6.42 Å². The number of carbonyl (C=O) groups excluding carboxylic acids is 1. The number of nitrogens with one attached hydrogen (secondary N) is 1. The van der Waals surface area contributed by atoms with E-state index in [1.54, 1.807) is 6.07 Å². The van der Waals surface area contributed by atoms with Gasteiger partial charge in [0.05, 0.1) is 16.8 Å². The molecule has 3 N–H and O–H groups in total. The van der Waals surface area contributed by atoms with Gasteiger partial charge in [-0.1, -0.05) is 37.9 Å². The molecule has 1 rings (SSSR count). The van der Waals surface area contributed by atoms with Gasteiger partial charge in [0.1, 0.15) is 0 Å². The maximum atomic E-state index is 13.5. The van der Waals surface area contributed by atoms with Crippen LogP contribution in [0.15, 0.2) is 18.2 Å². The topological polar surface area (TPSA) is 55.1 Å². The van der Waals surface area contributed by atoms with E-state index < -0.39 is 17.8 Å². The van der Waals surface area contributed by atoms with Crippen LogP contribution in [0.5, 0.6) is 0 Å². The summed E-state index contributed by atoms with van der Waals surface area (Å²) in [6.45, 7) is 3.82. The molecule has 1 amide bonds. The summed E-state index contributed by atoms with van der Waals surface area (Å²) >= 11 is 5.61. The van der Waals surface area contributed by atoms with Crippen molar-refractivity contribution in [3.05, 3.63) is 29.0 Å². The van der Waals surface area contributed by atoms with Crippen LogP contribution in [0.25, 0.3) is 0 Å². The Bertz CT molecular complexity index is 411. The van der Waals surface area contributed by atoms with E-state index in [9.17, 15) is 9.18 Å². The molecule has 94 valence electrons. The number of hydrogen-bond donors (Lipinski definition) is 2. The van der Waals surface area contributed by atoms with Gasteiger partial charge in [0.2, 0.25) is 5.91 Å². The number of halogens is 2. The Balaban J connectivity index is 2.78. The van der Waals surface area contributed by atoms with Crippen LogP contribution < -0.4 is 11.1 Å². The molecular formula is C12H16ClFN2O. The zero-order valence-electron chi connectivity index (χ0n) is 9.84. The molecule has 5 heteroatoms. The highest BCUT2D eigenvalue weighted by Crippen LogP contribution is 2.22. The summed E-state index contributed by atoms with van der Waals surface area (Å²) in [5, 5.41) is 2.41. The van der Waals surface area contributed by atoms with Crippen LogP contribution in [0.2, 0.25) is 5.02 Å². The van der Waals surface area contributed by atoms with E-state index in [4.69, 9.17) is 17.3 Å². The molecule has 0 aliphatic carbocycles. The van der Waals surface area contributed by atoms with Crippen LogP contribution in [-0.4, -0.2) is 11.9 Å². The second-order valence-corrected chi connectivity index (χ2v) is 4.41. The standard InChI is InChI=1S/C12H16ClFN2O/c1-3-7(2)11(15)12(17)16-9-6-4-5-8(13)10(9)14/h4-7,11H,3,15H2,1-2H3,(H,16,17)/t7-,11-/m0/s1. The second kappa shape index (κ2) is 5.98. The predicted molar refractivity (Wildman–Crippen MR) is 67.5 cm³/mol. The molecular weight excluding hydrogens is 243 g/mol. The Morgan fingerprint density at radius 2 is 2.24 bits per heavy atom. The number of hydrogen-bond acceptors (Lipinski definition) is 2. The van der Waals surface area contributed by atoms with Crippen LogP contribution >= 0.6 is 11.6 Å². The Morgan fingerprint density at radius 1 is 1.59 bits per heavy atom. The van der Waals surface area contributed by atoms with Crippen molar-refractivity contribution >= 4 is 23.2 Å². The van der Waals surface area contributed by atoms with Gasteiger partial charge in [-0.05, 0) is 18.1 Å². The molecule has 2 atom stereocenters. The summed E-state index contributed by atoms with van der Waals surface area (Å²) in [7, 11) is 0. The molecule has 0 fully saturated rings. The Labute approximate surface area is 105 Å². The van der Waals surface area contributed by atoms with Crippen LogP contribution in [-0.2, 0) is 4.79 Å². The van der Waals surface area contributed by atoms with Crippen molar-refractivity contribution in [2.24, 2.45) is 11.7 Å². The summed E-state index contributed by atoms with van der Waals surface area (Å²) in [5.41, 5.74) is 5.80. The van der Waals surface area contributed by atoms with Gasteiger partial charge in [0, 0.05) is 0 Å². The third-order valence-electron chi connectivity index (χ3n) is 2.77. The van der Waals surface area contributed by atoms with Crippen LogP contribution in [0.1, 0.15) is 20.3 Å². The predicted octanol–water partition coefficient (Wildman–Crippen LogP) is 2.79. The van der Waals surface area contributed by atoms with Crippen molar-refractivity contribution in [3.63, 3.8) is 0 Å². The zero-order valence-corrected chi connectivity index (χ0v) is 10.6. The fourth-order valence-electron chi connectivity index (χ4n) is 1.33. The van der Waals surface area contributed by atoms with Gasteiger partial charge < -0.3 is 11.1 Å². The average Bonchev–Trinajstić information content (AvgIpc) is 2.32. The van der Waals surface area contributed by atoms with E-state index >= 15 is 0 Å². The van der Waals surface area contributed by atoms with Crippen molar-refractivity contribution in [2.75, 3.05) is 5.32 Å². The highest BCUT2D eigenvalue weighted by Gasteiger charge is 2.20. The molecule has 0 unspecified atom stereocenters. The quantitative estimate of drug-likeness (QED) is 0.873. The van der Waals surface area contributed by atoms with Gasteiger partial charge in [-0.15, -0.1) is 0 Å². The molecule has 0 aliphatic rings. The average molecular weight is 259 g/mol. The van der Waals surface area contributed by atoms with Crippen LogP contribution in [0.4, 0.5) is 10.1 Å². The first kappa shape index (κ1) is 13.9. The van der Waals surface area contributed by atoms with Gasteiger partial charge in [-0.25, -0.2) is 4.39 Å². The fourth-order valence-corrected chi connectivity index (χ4v) is 1.50. The molecule has 17 heavy (non-hydrogen) atoms. The number of anilines is 1. The Hall–Kier alpha value is -1.13. The summed E-state index contributed by atoms with van der Waals surface area (Å²) in [4.78, 5) is 11.7. The maximum Gasteiger partial charge on any atom is 0.241 e. The van der Waals surface area contributed by atoms with E-state index in [1.165, 1.54) is 12.1 Å². The molecule has 1 aromatic carbocycles. The molecule has 0 bridgehead atoms. The minimum atomic E-state index is -0.654. The summed E-state index contributed by atoms with van der Waals surface area (Å²) in [6, 6.07) is 3.78. The number of carbonyl (C=O) groups is 1. The van der Waals surface area contributed by atoms with Crippen molar-refractivity contribution in [1.82, 2.24) is 0 Å². The highest BCUT2D eigenvalue weighted by molar-refractivity contribution is 6.31. The number of rotatable bonds is 4. The Kier molecular flexibility index (Phi) is 4.90. The molecule has 0 saturated heterocycles. The summed E-state index contributed by atoms with van der Waals surface area (Å²) < 4.78 is 13.5. The number of benzene rings is 1. The van der Waals surface area contributed by atoms with Crippen molar-refractivity contribution in [2.45, 2.75) is 26.3 Å². The molecule has 0 aliphatic heterocycles. The van der Waals surface area contributed by atoms with E-state index in [-0.39, 0.29) is 16.6 Å². The second-order valence-electron chi connectivity index (χ2n) is 4.00. The van der Waals surface area contributed by atoms with Gasteiger partial charge >= 0.3 is 0 Å². The molecule has 0 saturated carbocycles. The third-order valence-corrected chi connectivity index (χ3v) is 3.06. The minimum absolute atomic E-state index is 0.0279. The first-order valence-electron chi connectivity index (χ1n) is 5.47. The SMILES string of the molecule is CC[C@H](C)[C@H](N)C(=O)Nc1cccc(Cl)c1F.